The summed E-state index contributed by atoms with van der Waals surface area (Å²) in [6.07, 6.45) is 1.15. The van der Waals surface area contributed by atoms with Gasteiger partial charge in [0.05, 0.1) is 5.75 Å². The number of rotatable bonds is 10. The molecule has 0 heterocycles. The summed E-state index contributed by atoms with van der Waals surface area (Å²) in [5.74, 6) is -0.283. The molecule has 0 aromatic carbocycles. The molecule has 0 bridgehead atoms. The van der Waals surface area contributed by atoms with Gasteiger partial charge in [0, 0.05) is 21.3 Å². The molecule has 0 aliphatic carbocycles. The normalized spacial score (nSPS) is 13.2. The maximum atomic E-state index is 10.7. The highest BCUT2D eigenvalue weighted by molar-refractivity contribution is 7.85. The van der Waals surface area contributed by atoms with E-state index in [4.69, 9.17) is 17.8 Å². The van der Waals surface area contributed by atoms with Crippen LogP contribution in [0.3, 0.4) is 0 Å². The van der Waals surface area contributed by atoms with Crippen molar-refractivity contribution in [2.75, 3.05) is 40.2 Å². The Labute approximate surface area is 110 Å². The Morgan fingerprint density at radius 2 is 1.61 bits per heavy atom. The second-order valence-corrected chi connectivity index (χ2v) is 8.24. The minimum Gasteiger partial charge on any atom is -0.364 e. The first-order valence-corrected chi connectivity index (χ1v) is 8.99. The van der Waals surface area contributed by atoms with Crippen LogP contribution in [0.5, 0.6) is 0 Å². The van der Waals surface area contributed by atoms with Crippen LogP contribution >= 0.6 is 0 Å². The van der Waals surface area contributed by atoms with Crippen molar-refractivity contribution in [1.29, 1.82) is 0 Å². The molecule has 0 unspecified atom stereocenters. The summed E-state index contributed by atoms with van der Waals surface area (Å²) in [5.41, 5.74) is 0. The van der Waals surface area contributed by atoms with Crippen molar-refractivity contribution in [3.05, 3.63) is 0 Å². The molecule has 18 heavy (non-hydrogen) atoms. The average molecular weight is 301 g/mol. The molecule has 0 saturated heterocycles. The Morgan fingerprint density at radius 1 is 1.11 bits per heavy atom. The Morgan fingerprint density at radius 3 is 1.94 bits per heavy atom. The Hall–Kier alpha value is -0.0331. The second kappa shape index (κ2) is 8.20. The van der Waals surface area contributed by atoms with Crippen molar-refractivity contribution in [2.24, 2.45) is 0 Å². The van der Waals surface area contributed by atoms with Gasteiger partial charge in [0.1, 0.15) is 0 Å². The third-order valence-corrected chi connectivity index (χ3v) is 6.06. The van der Waals surface area contributed by atoms with Gasteiger partial charge in [0.2, 0.25) is 0 Å². The van der Waals surface area contributed by atoms with Crippen molar-refractivity contribution in [2.45, 2.75) is 19.8 Å². The number of nitrogens with zero attached hydrogens (tertiary/aromatic N) is 1. The fourth-order valence-corrected chi connectivity index (χ4v) is 4.43. The molecule has 0 spiro atoms. The summed E-state index contributed by atoms with van der Waals surface area (Å²) in [5, 5.41) is 0. The van der Waals surface area contributed by atoms with Crippen LogP contribution in [-0.4, -0.2) is 66.7 Å². The van der Waals surface area contributed by atoms with Gasteiger partial charge in [0.15, 0.2) is 0 Å². The third kappa shape index (κ3) is 5.74. The summed E-state index contributed by atoms with van der Waals surface area (Å²) in [6.45, 7) is 3.10. The lowest BCUT2D eigenvalue weighted by Gasteiger charge is -2.35. The van der Waals surface area contributed by atoms with Gasteiger partial charge in [-0.3, -0.25) is 9.12 Å². The van der Waals surface area contributed by atoms with Gasteiger partial charge in [0.25, 0.3) is 10.1 Å². The van der Waals surface area contributed by atoms with Crippen LogP contribution in [0.1, 0.15) is 19.8 Å². The van der Waals surface area contributed by atoms with Gasteiger partial charge in [-0.1, -0.05) is 6.92 Å². The fraction of sp³-hybridized carbons (Fsp3) is 1.00. The lowest BCUT2D eigenvalue weighted by molar-refractivity contribution is 0.0572. The third-order valence-electron chi connectivity index (χ3n) is 2.49. The van der Waals surface area contributed by atoms with Gasteiger partial charge < -0.3 is 13.3 Å². The van der Waals surface area contributed by atoms with Gasteiger partial charge >= 0.3 is 8.97 Å². The van der Waals surface area contributed by atoms with Crippen molar-refractivity contribution >= 4 is 19.1 Å². The average Bonchev–Trinajstić information content (AvgIpc) is 2.30. The highest BCUT2D eigenvalue weighted by Gasteiger charge is 2.45. The van der Waals surface area contributed by atoms with Gasteiger partial charge in [-0.2, -0.15) is 8.42 Å². The van der Waals surface area contributed by atoms with Crippen molar-refractivity contribution in [1.82, 2.24) is 4.57 Å². The van der Waals surface area contributed by atoms with Crippen LogP contribution in [0.2, 0.25) is 0 Å². The predicted molar refractivity (Wildman–Crippen MR) is 69.7 cm³/mol. The SMILES string of the molecule is CCCN(CCCS(=O)(=O)O)[Si](OC)(OC)OC. The van der Waals surface area contributed by atoms with E-state index in [1.807, 2.05) is 11.5 Å². The summed E-state index contributed by atoms with van der Waals surface area (Å²) in [7, 11) is -2.33. The van der Waals surface area contributed by atoms with Gasteiger partial charge in [-0.25, -0.2) is 0 Å². The lowest BCUT2D eigenvalue weighted by atomic mass is 10.4. The predicted octanol–water partition coefficient (Wildman–Crippen LogP) is 0.351. The first kappa shape index (κ1) is 18.0. The second-order valence-electron chi connectivity index (χ2n) is 3.76. The van der Waals surface area contributed by atoms with E-state index in [9.17, 15) is 8.42 Å². The van der Waals surface area contributed by atoms with Crippen LogP contribution in [0.25, 0.3) is 0 Å². The van der Waals surface area contributed by atoms with E-state index in [2.05, 4.69) is 0 Å². The maximum absolute atomic E-state index is 10.7. The summed E-state index contributed by atoms with van der Waals surface area (Å²) in [6, 6.07) is 0. The number of hydrogen-bond acceptors (Lipinski definition) is 6. The standard InChI is InChI=1S/C9H23NO6SSi/c1-5-7-10(8-6-9-17(11,12)13)18(14-2,15-3)16-4/h5-9H2,1-4H3,(H,11,12,13). The maximum Gasteiger partial charge on any atom is 0.598 e. The zero-order valence-electron chi connectivity index (χ0n) is 11.4. The smallest absolute Gasteiger partial charge is 0.364 e. The lowest BCUT2D eigenvalue weighted by Crippen LogP contribution is -2.60. The quantitative estimate of drug-likeness (QED) is 0.460. The highest BCUT2D eigenvalue weighted by Crippen LogP contribution is 2.14. The molecule has 7 nitrogen and oxygen atoms in total. The molecule has 9 heteroatoms. The van der Waals surface area contributed by atoms with E-state index in [-0.39, 0.29) is 5.75 Å². The van der Waals surface area contributed by atoms with Crippen molar-refractivity contribution in [3.8, 4) is 0 Å². The van der Waals surface area contributed by atoms with Crippen LogP contribution in [0.4, 0.5) is 0 Å². The molecule has 0 amide bonds. The molecule has 0 aliphatic heterocycles. The molecule has 0 aromatic rings. The fourth-order valence-electron chi connectivity index (χ4n) is 1.73. The first-order chi connectivity index (χ1) is 8.35. The van der Waals surface area contributed by atoms with Gasteiger partial charge in [-0.05, 0) is 25.9 Å². The van der Waals surface area contributed by atoms with E-state index in [0.717, 1.165) is 6.42 Å². The minimum atomic E-state index is -3.93. The van der Waals surface area contributed by atoms with E-state index in [1.54, 1.807) is 0 Å². The Bertz CT molecular complexity index is 311. The zero-order valence-corrected chi connectivity index (χ0v) is 13.2. The largest absolute Gasteiger partial charge is 0.598 e. The van der Waals surface area contributed by atoms with E-state index < -0.39 is 19.1 Å². The van der Waals surface area contributed by atoms with E-state index in [0.29, 0.717) is 19.5 Å². The number of hydrogen-bond donors (Lipinski definition) is 1. The molecule has 1 N–H and O–H groups in total. The topological polar surface area (TPSA) is 85.3 Å². The van der Waals surface area contributed by atoms with Crippen LogP contribution in [0, 0.1) is 0 Å². The summed E-state index contributed by atoms with van der Waals surface area (Å²) < 4.78 is 48.0. The van der Waals surface area contributed by atoms with E-state index in [1.165, 1.54) is 21.3 Å². The van der Waals surface area contributed by atoms with Crippen molar-refractivity contribution < 1.29 is 26.2 Å². The Kier molecular flexibility index (Phi) is 8.19. The van der Waals surface area contributed by atoms with Crippen LogP contribution in [-0.2, 0) is 23.4 Å². The molecular weight excluding hydrogens is 278 g/mol. The Balaban J connectivity index is 4.63. The van der Waals surface area contributed by atoms with E-state index >= 15 is 0 Å². The molecule has 0 saturated carbocycles. The molecular formula is C9H23NO6SSi. The highest BCUT2D eigenvalue weighted by atomic mass is 32.2. The molecule has 110 valence electrons. The minimum absolute atomic E-state index is 0.283. The monoisotopic (exact) mass is 301 g/mol. The molecule has 0 atom stereocenters. The molecule has 0 rings (SSSR count). The molecule has 0 radical (unpaired) electrons. The first-order valence-electron chi connectivity index (χ1n) is 5.70. The molecule has 0 fully saturated rings. The van der Waals surface area contributed by atoms with Crippen molar-refractivity contribution in [3.63, 3.8) is 0 Å². The summed E-state index contributed by atoms with van der Waals surface area (Å²) >= 11 is 0. The summed E-state index contributed by atoms with van der Waals surface area (Å²) in [4.78, 5) is 0. The van der Waals surface area contributed by atoms with Crippen LogP contribution < -0.4 is 0 Å². The van der Waals surface area contributed by atoms with Gasteiger partial charge in [-0.15, -0.1) is 0 Å². The molecule has 0 aliphatic rings. The molecule has 0 aromatic heterocycles. The van der Waals surface area contributed by atoms with Crippen LogP contribution in [0.15, 0.2) is 0 Å². The zero-order chi connectivity index (χ0) is 14.2.